The SMILES string of the molecule is C=C[C@H]1CN(S(=O)(=O)c2ccc(C)cc2)C[C@@H]1O. The molecule has 0 saturated carbocycles. The maximum atomic E-state index is 12.3. The fourth-order valence-electron chi connectivity index (χ4n) is 2.06. The molecular formula is C13H17NO3S. The molecule has 1 aliphatic heterocycles. The Labute approximate surface area is 108 Å². The molecule has 5 heteroatoms. The molecule has 0 aromatic heterocycles. The Hall–Kier alpha value is -1.17. The zero-order chi connectivity index (χ0) is 13.3. The van der Waals surface area contributed by atoms with Crippen LogP contribution < -0.4 is 0 Å². The van der Waals surface area contributed by atoms with Crippen molar-refractivity contribution in [2.75, 3.05) is 13.1 Å². The molecule has 1 aromatic carbocycles. The fourth-order valence-corrected chi connectivity index (χ4v) is 3.56. The molecule has 1 heterocycles. The predicted molar refractivity (Wildman–Crippen MR) is 69.6 cm³/mol. The van der Waals surface area contributed by atoms with Crippen molar-refractivity contribution in [1.29, 1.82) is 0 Å². The Balaban J connectivity index is 2.27. The molecular weight excluding hydrogens is 250 g/mol. The lowest BCUT2D eigenvalue weighted by atomic mass is 10.1. The van der Waals surface area contributed by atoms with Crippen molar-refractivity contribution >= 4 is 10.0 Å². The summed E-state index contributed by atoms with van der Waals surface area (Å²) in [5.41, 5.74) is 1.01. The molecule has 0 spiro atoms. The van der Waals surface area contributed by atoms with E-state index in [1.165, 1.54) is 4.31 Å². The van der Waals surface area contributed by atoms with E-state index in [4.69, 9.17) is 0 Å². The van der Waals surface area contributed by atoms with Gasteiger partial charge in [0.15, 0.2) is 0 Å². The van der Waals surface area contributed by atoms with Crippen LogP contribution in [0, 0.1) is 12.8 Å². The van der Waals surface area contributed by atoms with Crippen LogP contribution in [0.3, 0.4) is 0 Å². The maximum Gasteiger partial charge on any atom is 0.243 e. The van der Waals surface area contributed by atoms with Crippen molar-refractivity contribution in [1.82, 2.24) is 4.31 Å². The molecule has 0 bridgehead atoms. The molecule has 2 atom stereocenters. The van der Waals surface area contributed by atoms with Gasteiger partial charge >= 0.3 is 0 Å². The van der Waals surface area contributed by atoms with Gasteiger partial charge in [-0.05, 0) is 19.1 Å². The Kier molecular flexibility index (Phi) is 3.56. The summed E-state index contributed by atoms with van der Waals surface area (Å²) in [4.78, 5) is 0.269. The van der Waals surface area contributed by atoms with Gasteiger partial charge in [-0.3, -0.25) is 0 Å². The molecule has 0 aliphatic carbocycles. The Bertz CT molecular complexity index is 536. The van der Waals surface area contributed by atoms with Crippen LogP contribution in [0.15, 0.2) is 41.8 Å². The molecule has 0 radical (unpaired) electrons. The van der Waals surface area contributed by atoms with E-state index in [1.54, 1.807) is 30.3 Å². The average Bonchev–Trinajstić information content (AvgIpc) is 2.72. The lowest BCUT2D eigenvalue weighted by Gasteiger charge is -2.15. The summed E-state index contributed by atoms with van der Waals surface area (Å²) in [5.74, 6) is -0.190. The molecule has 1 aromatic rings. The summed E-state index contributed by atoms with van der Waals surface area (Å²) in [7, 11) is -3.51. The average molecular weight is 267 g/mol. The largest absolute Gasteiger partial charge is 0.391 e. The Morgan fingerprint density at radius 2 is 1.94 bits per heavy atom. The Morgan fingerprint density at radius 3 is 2.44 bits per heavy atom. The quantitative estimate of drug-likeness (QED) is 0.836. The van der Waals surface area contributed by atoms with Crippen molar-refractivity contribution in [2.45, 2.75) is 17.9 Å². The number of hydrogen-bond acceptors (Lipinski definition) is 3. The first-order valence-corrected chi connectivity index (χ1v) is 7.26. The molecule has 4 nitrogen and oxygen atoms in total. The standard InChI is InChI=1S/C13H17NO3S/c1-3-11-8-14(9-13(11)15)18(16,17)12-6-4-10(2)5-7-12/h3-7,11,13,15H,1,8-9H2,2H3/t11-,13-/m0/s1. The van der Waals surface area contributed by atoms with Gasteiger partial charge in [-0.2, -0.15) is 4.31 Å². The number of aliphatic hydroxyl groups is 1. The van der Waals surface area contributed by atoms with Crippen LogP contribution in [-0.4, -0.2) is 37.0 Å². The van der Waals surface area contributed by atoms with E-state index in [9.17, 15) is 13.5 Å². The highest BCUT2D eigenvalue weighted by atomic mass is 32.2. The number of aliphatic hydroxyl groups excluding tert-OH is 1. The van der Waals surface area contributed by atoms with Crippen molar-refractivity contribution in [3.8, 4) is 0 Å². The van der Waals surface area contributed by atoms with Crippen LogP contribution in [-0.2, 0) is 10.0 Å². The van der Waals surface area contributed by atoms with Gasteiger partial charge < -0.3 is 5.11 Å². The van der Waals surface area contributed by atoms with Crippen LogP contribution in [0.2, 0.25) is 0 Å². The van der Waals surface area contributed by atoms with Crippen LogP contribution in [0.1, 0.15) is 5.56 Å². The summed E-state index contributed by atoms with van der Waals surface area (Å²) in [6.45, 7) is 5.94. The van der Waals surface area contributed by atoms with E-state index >= 15 is 0 Å². The molecule has 1 aliphatic rings. The monoisotopic (exact) mass is 267 g/mol. The van der Waals surface area contributed by atoms with E-state index < -0.39 is 16.1 Å². The topological polar surface area (TPSA) is 57.6 Å². The minimum absolute atomic E-state index is 0.132. The first-order chi connectivity index (χ1) is 8.45. The van der Waals surface area contributed by atoms with Crippen molar-refractivity contribution in [3.05, 3.63) is 42.5 Å². The molecule has 0 amide bonds. The second-order valence-electron chi connectivity index (χ2n) is 4.60. The summed E-state index contributed by atoms with van der Waals surface area (Å²) >= 11 is 0. The molecule has 98 valence electrons. The maximum absolute atomic E-state index is 12.3. The second kappa shape index (κ2) is 4.84. The summed E-state index contributed by atoms with van der Waals surface area (Å²) < 4.78 is 26.0. The van der Waals surface area contributed by atoms with Gasteiger partial charge in [-0.1, -0.05) is 23.8 Å². The van der Waals surface area contributed by atoms with E-state index in [-0.39, 0.29) is 17.4 Å². The van der Waals surface area contributed by atoms with Gasteiger partial charge in [0.05, 0.1) is 11.0 Å². The van der Waals surface area contributed by atoms with Crippen LogP contribution >= 0.6 is 0 Å². The highest BCUT2D eigenvalue weighted by molar-refractivity contribution is 7.89. The highest BCUT2D eigenvalue weighted by Crippen LogP contribution is 2.25. The highest BCUT2D eigenvalue weighted by Gasteiger charge is 2.36. The van der Waals surface area contributed by atoms with E-state index in [0.717, 1.165) is 5.56 Å². The van der Waals surface area contributed by atoms with Crippen molar-refractivity contribution in [3.63, 3.8) is 0 Å². The van der Waals surface area contributed by atoms with E-state index in [2.05, 4.69) is 6.58 Å². The van der Waals surface area contributed by atoms with Gasteiger partial charge in [0.1, 0.15) is 0 Å². The van der Waals surface area contributed by atoms with Crippen LogP contribution in [0.25, 0.3) is 0 Å². The van der Waals surface area contributed by atoms with Gasteiger partial charge in [-0.25, -0.2) is 8.42 Å². The third-order valence-corrected chi connectivity index (χ3v) is 5.11. The fraction of sp³-hybridized carbons (Fsp3) is 0.385. The van der Waals surface area contributed by atoms with Crippen molar-refractivity contribution < 1.29 is 13.5 Å². The molecule has 1 fully saturated rings. The molecule has 2 rings (SSSR count). The van der Waals surface area contributed by atoms with Gasteiger partial charge in [0, 0.05) is 19.0 Å². The van der Waals surface area contributed by atoms with Gasteiger partial charge in [0.2, 0.25) is 10.0 Å². The predicted octanol–water partition coefficient (Wildman–Crippen LogP) is 1.16. The van der Waals surface area contributed by atoms with E-state index in [1.807, 2.05) is 6.92 Å². The van der Waals surface area contributed by atoms with E-state index in [0.29, 0.717) is 6.54 Å². The number of benzene rings is 1. The molecule has 1 saturated heterocycles. The normalized spacial score (nSPS) is 25.2. The third-order valence-electron chi connectivity index (χ3n) is 3.26. The molecule has 18 heavy (non-hydrogen) atoms. The molecule has 0 unspecified atom stereocenters. The lowest BCUT2D eigenvalue weighted by Crippen LogP contribution is -2.29. The lowest BCUT2D eigenvalue weighted by molar-refractivity contribution is 0.164. The minimum atomic E-state index is -3.51. The number of rotatable bonds is 3. The number of β-amino-alcohol motifs (C(OH)–C–C–N with tert-alkyl or cyclic N) is 1. The first-order valence-electron chi connectivity index (χ1n) is 5.82. The summed E-state index contributed by atoms with van der Waals surface area (Å²) in [6, 6.07) is 6.73. The number of sulfonamides is 1. The summed E-state index contributed by atoms with van der Waals surface area (Å²) in [6.07, 6.45) is 0.942. The van der Waals surface area contributed by atoms with Crippen LogP contribution in [0.5, 0.6) is 0 Å². The number of hydrogen-bond donors (Lipinski definition) is 1. The smallest absolute Gasteiger partial charge is 0.243 e. The first kappa shape index (κ1) is 13.3. The zero-order valence-corrected chi connectivity index (χ0v) is 11.1. The number of nitrogens with zero attached hydrogens (tertiary/aromatic N) is 1. The second-order valence-corrected chi connectivity index (χ2v) is 6.54. The van der Waals surface area contributed by atoms with Gasteiger partial charge in [0.25, 0.3) is 0 Å². The van der Waals surface area contributed by atoms with Crippen LogP contribution in [0.4, 0.5) is 0 Å². The van der Waals surface area contributed by atoms with Crippen molar-refractivity contribution in [2.24, 2.45) is 5.92 Å². The molecule has 1 N–H and O–H groups in total. The number of aryl methyl sites for hydroxylation is 1. The van der Waals surface area contributed by atoms with Gasteiger partial charge in [-0.15, -0.1) is 6.58 Å². The summed E-state index contributed by atoms with van der Waals surface area (Å²) in [5, 5.41) is 9.74. The third kappa shape index (κ3) is 2.34. The Morgan fingerprint density at radius 1 is 1.33 bits per heavy atom. The zero-order valence-electron chi connectivity index (χ0n) is 10.3. The minimum Gasteiger partial charge on any atom is -0.391 e.